The van der Waals surface area contributed by atoms with Crippen LogP contribution >= 0.6 is 11.8 Å². The lowest BCUT2D eigenvalue weighted by Crippen LogP contribution is -2.41. The van der Waals surface area contributed by atoms with Crippen LogP contribution in [0.2, 0.25) is 0 Å². The average molecular weight is 252 g/mol. The molecule has 0 aromatic carbocycles. The van der Waals surface area contributed by atoms with Crippen molar-refractivity contribution >= 4 is 23.4 Å². The van der Waals surface area contributed by atoms with E-state index in [9.17, 15) is 0 Å². The first-order chi connectivity index (χ1) is 8.22. The standard InChI is InChI=1S/C11H16N4OS/c1-8-7-17-5-4-15(8)10-6-9(2-3-13-10)11(12)14-16/h2-3,6,8,16H,4-5,7H2,1H3,(H2,12,14). The van der Waals surface area contributed by atoms with Gasteiger partial charge in [-0.05, 0) is 19.1 Å². The summed E-state index contributed by atoms with van der Waals surface area (Å²) in [5, 5.41) is 11.7. The maximum atomic E-state index is 8.67. The summed E-state index contributed by atoms with van der Waals surface area (Å²) >= 11 is 1.96. The number of nitrogens with zero attached hydrogens (tertiary/aromatic N) is 3. The molecule has 6 heteroatoms. The van der Waals surface area contributed by atoms with Crippen molar-refractivity contribution in [1.82, 2.24) is 4.98 Å². The number of aromatic nitrogens is 1. The Hall–Kier alpha value is -1.43. The Morgan fingerprint density at radius 3 is 3.24 bits per heavy atom. The zero-order chi connectivity index (χ0) is 12.3. The molecule has 1 aliphatic rings. The lowest BCUT2D eigenvalue weighted by atomic mass is 10.2. The van der Waals surface area contributed by atoms with Crippen molar-refractivity contribution in [2.24, 2.45) is 10.9 Å². The van der Waals surface area contributed by atoms with Gasteiger partial charge in [0.15, 0.2) is 5.84 Å². The molecular weight excluding hydrogens is 236 g/mol. The first-order valence-corrected chi connectivity index (χ1v) is 6.66. The number of pyridine rings is 1. The molecule has 1 saturated heterocycles. The van der Waals surface area contributed by atoms with Gasteiger partial charge >= 0.3 is 0 Å². The van der Waals surface area contributed by atoms with Gasteiger partial charge < -0.3 is 15.8 Å². The Labute approximate surface area is 105 Å². The number of hydrogen-bond acceptors (Lipinski definition) is 5. The van der Waals surface area contributed by atoms with Crippen LogP contribution in [0.15, 0.2) is 23.5 Å². The van der Waals surface area contributed by atoms with Crippen LogP contribution in [0, 0.1) is 0 Å². The molecule has 2 rings (SSSR count). The van der Waals surface area contributed by atoms with Crippen LogP contribution in [0.25, 0.3) is 0 Å². The zero-order valence-corrected chi connectivity index (χ0v) is 10.5. The monoisotopic (exact) mass is 252 g/mol. The molecular formula is C11H16N4OS. The molecule has 2 heterocycles. The van der Waals surface area contributed by atoms with Gasteiger partial charge in [0.25, 0.3) is 0 Å². The maximum Gasteiger partial charge on any atom is 0.170 e. The third-order valence-corrected chi connectivity index (χ3v) is 4.00. The summed E-state index contributed by atoms with van der Waals surface area (Å²) < 4.78 is 0. The van der Waals surface area contributed by atoms with Crippen molar-refractivity contribution in [2.75, 3.05) is 23.0 Å². The number of anilines is 1. The van der Waals surface area contributed by atoms with E-state index in [1.54, 1.807) is 12.3 Å². The van der Waals surface area contributed by atoms with Gasteiger partial charge in [0.2, 0.25) is 0 Å². The van der Waals surface area contributed by atoms with E-state index in [2.05, 4.69) is 22.0 Å². The molecule has 0 bridgehead atoms. The highest BCUT2D eigenvalue weighted by Gasteiger charge is 2.20. The topological polar surface area (TPSA) is 74.7 Å². The molecule has 0 spiro atoms. The lowest BCUT2D eigenvalue weighted by Gasteiger charge is -2.34. The summed E-state index contributed by atoms with van der Waals surface area (Å²) in [7, 11) is 0. The van der Waals surface area contributed by atoms with Crippen molar-refractivity contribution in [2.45, 2.75) is 13.0 Å². The summed E-state index contributed by atoms with van der Waals surface area (Å²) in [4.78, 5) is 6.61. The predicted molar refractivity (Wildman–Crippen MR) is 70.9 cm³/mol. The van der Waals surface area contributed by atoms with Crippen LogP contribution in [0.5, 0.6) is 0 Å². The van der Waals surface area contributed by atoms with Gasteiger partial charge in [0.05, 0.1) is 0 Å². The summed E-state index contributed by atoms with van der Waals surface area (Å²) in [6.07, 6.45) is 1.69. The highest BCUT2D eigenvalue weighted by molar-refractivity contribution is 7.99. The van der Waals surface area contributed by atoms with Crippen molar-refractivity contribution < 1.29 is 5.21 Å². The van der Waals surface area contributed by atoms with Crippen molar-refractivity contribution in [3.05, 3.63) is 23.9 Å². The van der Waals surface area contributed by atoms with E-state index in [4.69, 9.17) is 10.9 Å². The highest BCUT2D eigenvalue weighted by Crippen LogP contribution is 2.22. The fourth-order valence-corrected chi connectivity index (χ4v) is 2.87. The fourth-order valence-electron chi connectivity index (χ4n) is 1.86. The third-order valence-electron chi connectivity index (χ3n) is 2.81. The Kier molecular flexibility index (Phi) is 3.73. The second-order valence-electron chi connectivity index (χ2n) is 4.01. The van der Waals surface area contributed by atoms with E-state index >= 15 is 0 Å². The summed E-state index contributed by atoms with van der Waals surface area (Å²) in [6, 6.07) is 4.06. The number of rotatable bonds is 2. The van der Waals surface area contributed by atoms with Gasteiger partial charge in [-0.15, -0.1) is 0 Å². The zero-order valence-electron chi connectivity index (χ0n) is 9.71. The van der Waals surface area contributed by atoms with Crippen molar-refractivity contribution in [1.29, 1.82) is 0 Å². The van der Waals surface area contributed by atoms with Crippen LogP contribution in [-0.4, -0.2) is 40.1 Å². The number of thioether (sulfide) groups is 1. The number of amidine groups is 1. The normalized spacial score (nSPS) is 21.6. The van der Waals surface area contributed by atoms with Gasteiger partial charge in [-0.25, -0.2) is 4.98 Å². The van der Waals surface area contributed by atoms with E-state index in [1.807, 2.05) is 17.8 Å². The number of oxime groups is 1. The largest absolute Gasteiger partial charge is 0.409 e. The smallest absolute Gasteiger partial charge is 0.170 e. The molecule has 5 nitrogen and oxygen atoms in total. The van der Waals surface area contributed by atoms with Crippen molar-refractivity contribution in [3.63, 3.8) is 0 Å². The molecule has 1 unspecified atom stereocenters. The minimum atomic E-state index is 0.118. The van der Waals surface area contributed by atoms with Crippen LogP contribution in [0.3, 0.4) is 0 Å². The molecule has 3 N–H and O–H groups in total. The molecule has 0 saturated carbocycles. The van der Waals surface area contributed by atoms with E-state index in [0.717, 1.165) is 23.9 Å². The molecule has 0 aliphatic carbocycles. The fraction of sp³-hybridized carbons (Fsp3) is 0.455. The Bertz CT molecular complexity index is 424. The van der Waals surface area contributed by atoms with E-state index in [1.165, 1.54) is 0 Å². The van der Waals surface area contributed by atoms with Gasteiger partial charge in [-0.3, -0.25) is 0 Å². The minimum Gasteiger partial charge on any atom is -0.409 e. The molecule has 0 amide bonds. The molecule has 92 valence electrons. The molecule has 1 aliphatic heterocycles. The quantitative estimate of drug-likeness (QED) is 0.357. The molecule has 1 aromatic heterocycles. The predicted octanol–water partition coefficient (Wildman–Crippen LogP) is 1.12. The molecule has 1 aromatic rings. The second-order valence-corrected chi connectivity index (χ2v) is 5.16. The van der Waals surface area contributed by atoms with Crippen LogP contribution in [-0.2, 0) is 0 Å². The van der Waals surface area contributed by atoms with Crippen LogP contribution < -0.4 is 10.6 Å². The van der Waals surface area contributed by atoms with Gasteiger partial charge in [0, 0.05) is 35.9 Å². The summed E-state index contributed by atoms with van der Waals surface area (Å²) in [5.74, 6) is 3.23. The maximum absolute atomic E-state index is 8.67. The first-order valence-electron chi connectivity index (χ1n) is 5.50. The Balaban J connectivity index is 2.26. The van der Waals surface area contributed by atoms with Gasteiger partial charge in [0.1, 0.15) is 5.82 Å². The lowest BCUT2D eigenvalue weighted by molar-refractivity contribution is 0.318. The highest BCUT2D eigenvalue weighted by atomic mass is 32.2. The second kappa shape index (κ2) is 5.27. The van der Waals surface area contributed by atoms with E-state index in [-0.39, 0.29) is 5.84 Å². The molecule has 0 radical (unpaired) electrons. The van der Waals surface area contributed by atoms with Gasteiger partial charge in [-0.2, -0.15) is 11.8 Å². The van der Waals surface area contributed by atoms with E-state index < -0.39 is 0 Å². The number of hydrogen-bond donors (Lipinski definition) is 2. The SMILES string of the molecule is CC1CSCCN1c1cc(C(N)=NO)ccn1. The first kappa shape index (κ1) is 12.0. The van der Waals surface area contributed by atoms with Gasteiger partial charge in [-0.1, -0.05) is 5.16 Å². The Morgan fingerprint density at radius 1 is 1.71 bits per heavy atom. The summed E-state index contributed by atoms with van der Waals surface area (Å²) in [5.41, 5.74) is 6.27. The molecule has 1 atom stereocenters. The molecule has 1 fully saturated rings. The van der Waals surface area contributed by atoms with Crippen LogP contribution in [0.1, 0.15) is 12.5 Å². The van der Waals surface area contributed by atoms with Crippen molar-refractivity contribution in [3.8, 4) is 0 Å². The Morgan fingerprint density at radius 2 is 2.53 bits per heavy atom. The van der Waals surface area contributed by atoms with Crippen LogP contribution in [0.4, 0.5) is 5.82 Å². The third kappa shape index (κ3) is 2.63. The average Bonchev–Trinajstić information content (AvgIpc) is 2.38. The molecule has 17 heavy (non-hydrogen) atoms. The summed E-state index contributed by atoms with van der Waals surface area (Å²) in [6.45, 7) is 3.17. The number of nitrogens with two attached hydrogens (primary N) is 1. The minimum absolute atomic E-state index is 0.118. The van der Waals surface area contributed by atoms with E-state index in [0.29, 0.717) is 11.6 Å².